The van der Waals surface area contributed by atoms with Gasteiger partial charge in [0, 0.05) is 23.6 Å². The number of nitrogens with one attached hydrogen (secondary N) is 1. The molecule has 40 heavy (non-hydrogen) atoms. The lowest BCUT2D eigenvalue weighted by Crippen LogP contribution is -2.39. The number of allylic oxidation sites excluding steroid dienone is 4. The van der Waals surface area contributed by atoms with E-state index in [4.69, 9.17) is 10.5 Å². The van der Waals surface area contributed by atoms with Crippen LogP contribution in [0.5, 0.6) is 5.75 Å². The van der Waals surface area contributed by atoms with Crippen LogP contribution in [0.4, 0.5) is 10.8 Å². The van der Waals surface area contributed by atoms with E-state index >= 15 is 0 Å². The van der Waals surface area contributed by atoms with Crippen LogP contribution in [0.25, 0.3) is 6.08 Å². The Morgan fingerprint density at radius 2 is 2.00 bits per heavy atom. The number of para-hydroxylation sites is 2. The van der Waals surface area contributed by atoms with Gasteiger partial charge in [-0.05, 0) is 30.5 Å². The van der Waals surface area contributed by atoms with Gasteiger partial charge in [-0.15, -0.1) is 10.2 Å². The van der Waals surface area contributed by atoms with Gasteiger partial charge < -0.3 is 15.8 Å². The number of hydrogen-bond acceptors (Lipinski definition) is 10. The fraction of sp³-hybridized carbons (Fsp3) is 0.207. The van der Waals surface area contributed by atoms with Gasteiger partial charge in [0.15, 0.2) is 10.1 Å². The SMILES string of the molecule is COc1ccccc1NC(=O)CSc1nnc(N2C(N)=C(C#N)C(/C=C/c3ccccc3)C3=C2CCCC3=O)s1. The molecule has 1 atom stereocenters. The number of benzene rings is 2. The molecular formula is C29H26N6O3S2. The lowest BCUT2D eigenvalue weighted by molar-refractivity contribution is -0.116. The maximum atomic E-state index is 13.2. The summed E-state index contributed by atoms with van der Waals surface area (Å²) in [4.78, 5) is 27.4. The molecule has 0 fully saturated rings. The zero-order valence-corrected chi connectivity index (χ0v) is 23.3. The fourth-order valence-electron chi connectivity index (χ4n) is 4.72. The van der Waals surface area contributed by atoms with Crippen molar-refractivity contribution in [3.05, 3.63) is 88.9 Å². The minimum atomic E-state index is -0.537. The molecule has 5 rings (SSSR count). The quantitative estimate of drug-likeness (QED) is 0.354. The molecule has 1 aliphatic carbocycles. The summed E-state index contributed by atoms with van der Waals surface area (Å²) in [5.74, 6) is 0.167. The smallest absolute Gasteiger partial charge is 0.234 e. The monoisotopic (exact) mass is 570 g/mol. The van der Waals surface area contributed by atoms with Gasteiger partial charge in [0.05, 0.1) is 30.2 Å². The summed E-state index contributed by atoms with van der Waals surface area (Å²) >= 11 is 2.49. The summed E-state index contributed by atoms with van der Waals surface area (Å²) in [6, 6.07) is 19.1. The molecule has 2 heterocycles. The van der Waals surface area contributed by atoms with E-state index in [1.54, 1.807) is 24.1 Å². The van der Waals surface area contributed by atoms with Crippen LogP contribution in [0.3, 0.4) is 0 Å². The van der Waals surface area contributed by atoms with Gasteiger partial charge in [-0.3, -0.25) is 14.5 Å². The highest BCUT2D eigenvalue weighted by Crippen LogP contribution is 2.44. The number of anilines is 2. The van der Waals surface area contributed by atoms with Gasteiger partial charge >= 0.3 is 0 Å². The molecule has 0 radical (unpaired) electrons. The minimum Gasteiger partial charge on any atom is -0.495 e. The Bertz CT molecular complexity index is 1570. The second-order valence-electron chi connectivity index (χ2n) is 9.02. The standard InChI is InChI=1S/C29H26N6O3S2/c1-38-24-13-6-5-10-21(24)32-25(37)17-39-29-34-33-28(40-29)35-22-11-7-12-23(36)26(22)19(20(16-30)27(35)31)15-14-18-8-3-2-4-9-18/h2-6,8-10,13-15,19H,7,11-12,17,31H2,1H3,(H,32,37)/b15-14+. The summed E-state index contributed by atoms with van der Waals surface area (Å²) in [5.41, 5.74) is 9.75. The number of ether oxygens (including phenoxy) is 1. The predicted molar refractivity (Wildman–Crippen MR) is 156 cm³/mol. The van der Waals surface area contributed by atoms with E-state index in [0.717, 1.165) is 11.3 Å². The van der Waals surface area contributed by atoms with Crippen LogP contribution in [-0.2, 0) is 9.59 Å². The summed E-state index contributed by atoms with van der Waals surface area (Å²) in [6.07, 6.45) is 5.51. The lowest BCUT2D eigenvalue weighted by Gasteiger charge is -2.37. The van der Waals surface area contributed by atoms with E-state index in [1.807, 2.05) is 54.6 Å². The molecule has 1 aromatic heterocycles. The van der Waals surface area contributed by atoms with E-state index in [1.165, 1.54) is 23.1 Å². The molecule has 3 N–H and O–H groups in total. The second kappa shape index (κ2) is 12.2. The van der Waals surface area contributed by atoms with Crippen molar-refractivity contribution >= 4 is 51.7 Å². The van der Waals surface area contributed by atoms with Crippen molar-refractivity contribution in [1.82, 2.24) is 10.2 Å². The summed E-state index contributed by atoms with van der Waals surface area (Å²) in [7, 11) is 1.55. The van der Waals surface area contributed by atoms with Crippen LogP contribution in [0, 0.1) is 17.2 Å². The van der Waals surface area contributed by atoms with Crippen molar-refractivity contribution in [3.8, 4) is 11.8 Å². The Labute approximate surface area is 240 Å². The molecule has 0 bridgehead atoms. The molecule has 2 aromatic carbocycles. The van der Waals surface area contributed by atoms with Crippen LogP contribution in [0.1, 0.15) is 24.8 Å². The molecule has 0 saturated heterocycles. The van der Waals surface area contributed by atoms with Crippen molar-refractivity contribution in [2.45, 2.75) is 23.6 Å². The van der Waals surface area contributed by atoms with E-state index in [0.29, 0.717) is 51.3 Å². The summed E-state index contributed by atoms with van der Waals surface area (Å²) in [6.45, 7) is 0. The third-order valence-corrected chi connectivity index (χ3v) is 8.58. The van der Waals surface area contributed by atoms with Crippen molar-refractivity contribution in [2.24, 2.45) is 11.7 Å². The fourth-order valence-corrected chi connectivity index (χ4v) is 6.40. The van der Waals surface area contributed by atoms with Gasteiger partial charge in [0.2, 0.25) is 11.0 Å². The molecule has 1 amide bonds. The van der Waals surface area contributed by atoms with Crippen LogP contribution in [0.15, 0.2) is 87.7 Å². The Morgan fingerprint density at radius 3 is 2.77 bits per heavy atom. The Balaban J connectivity index is 1.38. The van der Waals surface area contributed by atoms with Crippen LogP contribution >= 0.6 is 23.1 Å². The molecule has 11 heteroatoms. The average molecular weight is 571 g/mol. The summed E-state index contributed by atoms with van der Waals surface area (Å²) in [5, 5.41) is 22.0. The maximum absolute atomic E-state index is 13.2. The lowest BCUT2D eigenvalue weighted by atomic mass is 9.79. The highest BCUT2D eigenvalue weighted by atomic mass is 32.2. The third kappa shape index (κ3) is 5.64. The van der Waals surface area contributed by atoms with Crippen LogP contribution < -0.4 is 20.7 Å². The van der Waals surface area contributed by atoms with Gasteiger partial charge in [-0.25, -0.2) is 0 Å². The number of ketones is 1. The Morgan fingerprint density at radius 1 is 1.23 bits per heavy atom. The number of nitrogens with two attached hydrogens (primary N) is 1. The maximum Gasteiger partial charge on any atom is 0.234 e. The van der Waals surface area contributed by atoms with Gasteiger partial charge in [-0.2, -0.15) is 5.26 Å². The molecule has 202 valence electrons. The number of carbonyl (C=O) groups excluding carboxylic acids is 2. The molecule has 0 spiro atoms. The van der Waals surface area contributed by atoms with E-state index in [9.17, 15) is 14.9 Å². The largest absolute Gasteiger partial charge is 0.495 e. The van der Waals surface area contributed by atoms with Crippen molar-refractivity contribution in [1.29, 1.82) is 5.26 Å². The molecule has 2 aliphatic rings. The molecule has 3 aromatic rings. The number of rotatable bonds is 8. The zero-order valence-electron chi connectivity index (χ0n) is 21.7. The molecule has 1 unspecified atom stereocenters. The summed E-state index contributed by atoms with van der Waals surface area (Å²) < 4.78 is 5.85. The number of hydrogen-bond donors (Lipinski definition) is 2. The van der Waals surface area contributed by atoms with Crippen LogP contribution in [-0.4, -0.2) is 34.8 Å². The Hall–Kier alpha value is -4.40. The third-order valence-electron chi connectivity index (χ3n) is 6.53. The second-order valence-corrected chi connectivity index (χ2v) is 11.2. The highest BCUT2D eigenvalue weighted by Gasteiger charge is 2.39. The number of aromatic nitrogens is 2. The van der Waals surface area contributed by atoms with E-state index in [2.05, 4.69) is 21.6 Å². The van der Waals surface area contributed by atoms with Crippen LogP contribution in [0.2, 0.25) is 0 Å². The number of thioether (sulfide) groups is 1. The number of amides is 1. The minimum absolute atomic E-state index is 0.00124. The molecule has 9 nitrogen and oxygen atoms in total. The average Bonchev–Trinajstić information content (AvgIpc) is 3.44. The van der Waals surface area contributed by atoms with E-state index < -0.39 is 5.92 Å². The highest BCUT2D eigenvalue weighted by molar-refractivity contribution is 8.01. The first kappa shape index (κ1) is 27.2. The van der Waals surface area contributed by atoms with E-state index in [-0.39, 0.29) is 23.3 Å². The van der Waals surface area contributed by atoms with Crippen molar-refractivity contribution in [3.63, 3.8) is 0 Å². The normalized spacial score (nSPS) is 17.1. The van der Waals surface area contributed by atoms with Gasteiger partial charge in [-0.1, -0.05) is 77.7 Å². The van der Waals surface area contributed by atoms with Gasteiger partial charge in [0.1, 0.15) is 11.6 Å². The molecule has 1 aliphatic heterocycles. The first-order valence-corrected chi connectivity index (χ1v) is 14.4. The van der Waals surface area contributed by atoms with Crippen molar-refractivity contribution < 1.29 is 14.3 Å². The molecule has 0 saturated carbocycles. The first-order valence-electron chi connectivity index (χ1n) is 12.6. The van der Waals surface area contributed by atoms with Crippen molar-refractivity contribution in [2.75, 3.05) is 23.1 Å². The predicted octanol–water partition coefficient (Wildman–Crippen LogP) is 5.13. The first-order chi connectivity index (χ1) is 19.5. The number of Topliss-reactive ketones (excluding diaryl/α,β-unsaturated/α-hetero) is 1. The topological polar surface area (TPSA) is 134 Å². The number of nitriles is 1. The number of methoxy groups -OCH3 is 1. The van der Waals surface area contributed by atoms with Gasteiger partial charge in [0.25, 0.3) is 0 Å². The molecular weight excluding hydrogens is 544 g/mol. The number of carbonyl (C=O) groups is 2. The Kier molecular flexibility index (Phi) is 8.28. The number of nitrogens with zero attached hydrogens (tertiary/aromatic N) is 4. The zero-order chi connectivity index (χ0) is 28.1.